The van der Waals surface area contributed by atoms with E-state index in [2.05, 4.69) is 20.6 Å². The summed E-state index contributed by atoms with van der Waals surface area (Å²) in [6, 6.07) is 4.80. The summed E-state index contributed by atoms with van der Waals surface area (Å²) in [5.41, 5.74) is 1.15. The summed E-state index contributed by atoms with van der Waals surface area (Å²) in [7, 11) is 1.53. The van der Waals surface area contributed by atoms with Crippen molar-refractivity contribution in [2.75, 3.05) is 50.6 Å². The number of nitrogens with zero attached hydrogens (tertiary/aromatic N) is 3. The van der Waals surface area contributed by atoms with Crippen LogP contribution in [0.4, 0.5) is 24.7 Å². The van der Waals surface area contributed by atoms with Gasteiger partial charge in [0, 0.05) is 42.8 Å². The smallest absolute Gasteiger partial charge is 0.405 e. The molecule has 11 heteroatoms. The molecule has 1 amide bonds. The van der Waals surface area contributed by atoms with Crippen molar-refractivity contribution in [2.24, 2.45) is 0 Å². The second-order valence-corrected chi connectivity index (χ2v) is 7.96. The van der Waals surface area contributed by atoms with Crippen LogP contribution >= 0.6 is 0 Å². The third-order valence-corrected chi connectivity index (χ3v) is 5.27. The minimum absolute atomic E-state index is 0.0674. The maximum atomic E-state index is 13.1. The van der Waals surface area contributed by atoms with Gasteiger partial charge in [-0.25, -0.2) is 4.98 Å². The van der Waals surface area contributed by atoms with Crippen LogP contribution < -0.4 is 15.4 Å². The molecule has 190 valence electrons. The number of pyridine rings is 2. The Balaban J connectivity index is 1.95. The van der Waals surface area contributed by atoms with Gasteiger partial charge < -0.3 is 25.0 Å². The second-order valence-electron chi connectivity index (χ2n) is 7.96. The number of halogens is 3. The molecular weight excluding hydrogens is 463 g/mol. The summed E-state index contributed by atoms with van der Waals surface area (Å²) in [4.78, 5) is 23.2. The largest absolute Gasteiger partial charge is 0.495 e. The number of unbranched alkanes of at least 4 members (excludes halogenated alkanes) is 1. The quantitative estimate of drug-likeness (QED) is 0.529. The Bertz CT molecular complexity index is 1000. The number of alkyl halides is 3. The number of carbonyl (C=O) groups is 1. The van der Waals surface area contributed by atoms with Crippen molar-refractivity contribution in [3.63, 3.8) is 0 Å². The van der Waals surface area contributed by atoms with Crippen molar-refractivity contribution < 1.29 is 27.4 Å². The van der Waals surface area contributed by atoms with E-state index in [-0.39, 0.29) is 17.3 Å². The van der Waals surface area contributed by atoms with Gasteiger partial charge in [0.1, 0.15) is 23.8 Å². The first-order valence-electron chi connectivity index (χ1n) is 11.5. The fourth-order valence-electron chi connectivity index (χ4n) is 3.47. The Kier molecular flexibility index (Phi) is 9.30. The Morgan fingerprint density at radius 1 is 1.23 bits per heavy atom. The average Bonchev–Trinajstić information content (AvgIpc) is 3.14. The number of hydrogen-bond donors (Lipinski definition) is 2. The zero-order chi connectivity index (χ0) is 25.3. The highest BCUT2D eigenvalue weighted by Gasteiger charge is 2.28. The van der Waals surface area contributed by atoms with E-state index in [1.165, 1.54) is 25.6 Å². The first-order chi connectivity index (χ1) is 16.8. The maximum absolute atomic E-state index is 13.1. The molecule has 0 saturated carbocycles. The van der Waals surface area contributed by atoms with E-state index in [1.807, 2.05) is 13.0 Å². The summed E-state index contributed by atoms with van der Waals surface area (Å²) in [5.74, 6) is 0.714. The van der Waals surface area contributed by atoms with E-state index in [0.29, 0.717) is 62.0 Å². The summed E-state index contributed by atoms with van der Waals surface area (Å²) in [6.45, 7) is 2.61. The lowest BCUT2D eigenvalue weighted by Crippen LogP contribution is -2.34. The Morgan fingerprint density at radius 3 is 2.74 bits per heavy atom. The van der Waals surface area contributed by atoms with Crippen LogP contribution in [0.15, 0.2) is 36.7 Å². The number of rotatable bonds is 9. The summed E-state index contributed by atoms with van der Waals surface area (Å²) < 4.78 is 49.7. The van der Waals surface area contributed by atoms with Crippen molar-refractivity contribution in [3.8, 4) is 5.75 Å². The molecule has 0 radical (unpaired) electrons. The number of aromatic nitrogens is 2. The second kappa shape index (κ2) is 12.4. The van der Waals surface area contributed by atoms with Crippen molar-refractivity contribution in [1.82, 2.24) is 14.9 Å². The number of allylic oxidation sites excluding steroid dienone is 1. The minimum Gasteiger partial charge on any atom is -0.495 e. The lowest BCUT2D eigenvalue weighted by atomic mass is 10.1. The van der Waals surface area contributed by atoms with Crippen LogP contribution in [0.1, 0.15) is 42.2 Å². The predicted molar refractivity (Wildman–Crippen MR) is 127 cm³/mol. The number of anilines is 2. The van der Waals surface area contributed by atoms with Crippen molar-refractivity contribution in [3.05, 3.63) is 47.9 Å². The monoisotopic (exact) mass is 493 g/mol. The van der Waals surface area contributed by atoms with E-state index >= 15 is 0 Å². The maximum Gasteiger partial charge on any atom is 0.405 e. The first-order valence-corrected chi connectivity index (χ1v) is 11.5. The molecule has 0 spiro atoms. The number of hydrogen-bond acceptors (Lipinski definition) is 7. The molecule has 0 bridgehead atoms. The third-order valence-electron chi connectivity index (χ3n) is 5.27. The van der Waals surface area contributed by atoms with E-state index in [9.17, 15) is 18.0 Å². The van der Waals surface area contributed by atoms with Crippen LogP contribution in [0.5, 0.6) is 5.75 Å². The van der Waals surface area contributed by atoms with E-state index in [4.69, 9.17) is 9.47 Å². The molecule has 0 aromatic carbocycles. The summed E-state index contributed by atoms with van der Waals surface area (Å²) >= 11 is 0. The lowest BCUT2D eigenvalue weighted by Gasteiger charge is -2.21. The first kappa shape index (κ1) is 26.3. The standard InChI is InChI=1S/C24H30F3N5O3/c1-3-4-6-19(31-22-8-7-17(34-2)14-29-22)18-15-28-21(13-20(18)30-16-24(25,26)27)23(33)32-9-5-11-35-12-10-32/h6-8,13-15H,3-5,9-12,16H2,1-2H3,(H,28,30)(H,29,31)/b19-6+. The number of carbonyl (C=O) groups excluding carboxylic acids is 1. The van der Waals surface area contributed by atoms with Gasteiger partial charge >= 0.3 is 6.18 Å². The minimum atomic E-state index is -4.44. The molecule has 2 aromatic rings. The van der Waals surface area contributed by atoms with Gasteiger partial charge in [-0.05, 0) is 31.0 Å². The molecule has 1 aliphatic heterocycles. The molecule has 3 rings (SSSR count). The topological polar surface area (TPSA) is 88.6 Å². The molecule has 0 aliphatic carbocycles. The van der Waals surface area contributed by atoms with Crippen LogP contribution in [0.3, 0.4) is 0 Å². The molecular formula is C24H30F3N5O3. The normalized spacial score (nSPS) is 14.9. The Labute approximate surface area is 202 Å². The number of methoxy groups -OCH3 is 1. The highest BCUT2D eigenvalue weighted by atomic mass is 19.4. The van der Waals surface area contributed by atoms with Crippen LogP contribution in [0.2, 0.25) is 0 Å². The molecule has 2 N–H and O–H groups in total. The molecule has 1 saturated heterocycles. The SMILES string of the molecule is CCC/C=C(/Nc1ccc(OC)cn1)c1cnc(C(=O)N2CCCOCC2)cc1NCC(F)(F)F. The van der Waals surface area contributed by atoms with Crippen LogP contribution in [0, 0.1) is 0 Å². The fourth-order valence-corrected chi connectivity index (χ4v) is 3.47. The number of ether oxygens (including phenoxy) is 2. The highest BCUT2D eigenvalue weighted by Crippen LogP contribution is 2.28. The lowest BCUT2D eigenvalue weighted by molar-refractivity contribution is -0.115. The van der Waals surface area contributed by atoms with Gasteiger partial charge in [-0.15, -0.1) is 0 Å². The molecule has 0 unspecified atom stereocenters. The molecule has 1 fully saturated rings. The van der Waals surface area contributed by atoms with Gasteiger partial charge in [0.25, 0.3) is 5.91 Å². The van der Waals surface area contributed by atoms with Crippen molar-refractivity contribution in [2.45, 2.75) is 32.4 Å². The van der Waals surface area contributed by atoms with Gasteiger partial charge in [0.15, 0.2) is 0 Å². The van der Waals surface area contributed by atoms with E-state index < -0.39 is 12.7 Å². The Morgan fingerprint density at radius 2 is 2.06 bits per heavy atom. The van der Waals surface area contributed by atoms with Crippen molar-refractivity contribution in [1.29, 1.82) is 0 Å². The fraction of sp³-hybridized carbons (Fsp3) is 0.458. The van der Waals surface area contributed by atoms with Gasteiger partial charge in [0.05, 0.1) is 19.9 Å². The average molecular weight is 494 g/mol. The highest BCUT2D eigenvalue weighted by molar-refractivity contribution is 5.94. The van der Waals surface area contributed by atoms with Gasteiger partial charge in [-0.2, -0.15) is 13.2 Å². The molecule has 0 atom stereocenters. The molecule has 35 heavy (non-hydrogen) atoms. The van der Waals surface area contributed by atoms with E-state index in [0.717, 1.165) is 6.42 Å². The third kappa shape index (κ3) is 7.84. The molecule has 8 nitrogen and oxygen atoms in total. The molecule has 1 aliphatic rings. The van der Waals surface area contributed by atoms with Crippen LogP contribution in [-0.4, -0.2) is 66.9 Å². The molecule has 2 aromatic heterocycles. The zero-order valence-corrected chi connectivity index (χ0v) is 19.8. The predicted octanol–water partition coefficient (Wildman–Crippen LogP) is 4.58. The van der Waals surface area contributed by atoms with Gasteiger partial charge in [0.2, 0.25) is 0 Å². The zero-order valence-electron chi connectivity index (χ0n) is 19.8. The van der Waals surface area contributed by atoms with Gasteiger partial charge in [-0.1, -0.05) is 19.4 Å². The summed E-state index contributed by atoms with van der Waals surface area (Å²) in [5, 5.41) is 5.60. The van der Waals surface area contributed by atoms with Crippen LogP contribution in [-0.2, 0) is 4.74 Å². The van der Waals surface area contributed by atoms with Crippen LogP contribution in [0.25, 0.3) is 5.70 Å². The van der Waals surface area contributed by atoms with Crippen molar-refractivity contribution >= 4 is 23.1 Å². The summed E-state index contributed by atoms with van der Waals surface area (Å²) in [6.07, 6.45) is 2.57. The number of amides is 1. The van der Waals surface area contributed by atoms with Gasteiger partial charge in [-0.3, -0.25) is 9.78 Å². The Hall–Kier alpha value is -3.34. The molecule has 3 heterocycles. The number of nitrogens with one attached hydrogen (secondary N) is 2. The van der Waals surface area contributed by atoms with E-state index in [1.54, 1.807) is 17.0 Å².